The van der Waals surface area contributed by atoms with E-state index in [1.165, 1.54) is 5.56 Å². The maximum absolute atomic E-state index is 4.51. The monoisotopic (exact) mass is 324 g/mol. The van der Waals surface area contributed by atoms with Crippen molar-refractivity contribution in [1.29, 1.82) is 0 Å². The van der Waals surface area contributed by atoms with Gasteiger partial charge in [-0.3, -0.25) is 9.97 Å². The molecule has 0 saturated carbocycles. The van der Waals surface area contributed by atoms with Crippen molar-refractivity contribution in [3.05, 3.63) is 72.6 Å². The summed E-state index contributed by atoms with van der Waals surface area (Å²) in [6, 6.07) is 18.4. The highest BCUT2D eigenvalue weighted by atomic mass is 79.9. The summed E-state index contributed by atoms with van der Waals surface area (Å²) in [5, 5.41) is 0.820. The normalized spacial score (nSPS) is 10.4. The zero-order valence-electron chi connectivity index (χ0n) is 10.8. The average molecular weight is 325 g/mol. The molecule has 0 N–H and O–H groups in total. The van der Waals surface area contributed by atoms with Crippen molar-refractivity contribution >= 4 is 15.9 Å². The van der Waals surface area contributed by atoms with Gasteiger partial charge in [0, 0.05) is 23.3 Å². The molecule has 0 aliphatic carbocycles. The third-order valence-corrected chi connectivity index (χ3v) is 3.76. The van der Waals surface area contributed by atoms with Gasteiger partial charge >= 0.3 is 0 Å². The van der Waals surface area contributed by atoms with Crippen LogP contribution in [0.5, 0.6) is 0 Å². The highest BCUT2D eigenvalue weighted by Gasteiger charge is 2.02. The van der Waals surface area contributed by atoms with Crippen LogP contribution in [0.15, 0.2) is 67.0 Å². The third kappa shape index (κ3) is 2.78. The zero-order valence-corrected chi connectivity index (χ0v) is 12.4. The van der Waals surface area contributed by atoms with Crippen molar-refractivity contribution in [1.82, 2.24) is 9.97 Å². The summed E-state index contributed by atoms with van der Waals surface area (Å²) >= 11 is 3.42. The van der Waals surface area contributed by atoms with Crippen LogP contribution in [-0.2, 0) is 5.33 Å². The first-order valence-corrected chi connectivity index (χ1v) is 7.52. The molecule has 98 valence electrons. The molecule has 0 fully saturated rings. The molecule has 0 bridgehead atoms. The molecule has 3 heteroatoms. The average Bonchev–Trinajstić information content (AvgIpc) is 2.56. The van der Waals surface area contributed by atoms with Gasteiger partial charge in [-0.05, 0) is 23.3 Å². The second kappa shape index (κ2) is 5.97. The van der Waals surface area contributed by atoms with E-state index >= 15 is 0 Å². The highest BCUT2D eigenvalue weighted by molar-refractivity contribution is 9.08. The van der Waals surface area contributed by atoms with Crippen LogP contribution in [0.4, 0.5) is 0 Å². The third-order valence-electron chi connectivity index (χ3n) is 3.11. The standard InChI is InChI=1S/C17H13BrN2/c18-10-13-6-8-16(19-11-13)17-9-7-15(12-20-17)14-4-2-1-3-5-14/h1-9,11-12H,10H2. The Morgan fingerprint density at radius 2 is 1.40 bits per heavy atom. The number of benzene rings is 1. The molecule has 0 aliphatic heterocycles. The molecule has 2 heterocycles. The number of hydrogen-bond acceptors (Lipinski definition) is 2. The fourth-order valence-electron chi connectivity index (χ4n) is 2.00. The summed E-state index contributed by atoms with van der Waals surface area (Å²) in [7, 11) is 0. The predicted molar refractivity (Wildman–Crippen MR) is 85.5 cm³/mol. The smallest absolute Gasteiger partial charge is 0.0886 e. The van der Waals surface area contributed by atoms with Gasteiger partial charge in [0.2, 0.25) is 0 Å². The van der Waals surface area contributed by atoms with Gasteiger partial charge in [0.25, 0.3) is 0 Å². The summed E-state index contributed by atoms with van der Waals surface area (Å²) in [4.78, 5) is 8.94. The van der Waals surface area contributed by atoms with E-state index in [4.69, 9.17) is 0 Å². The Morgan fingerprint density at radius 3 is 1.95 bits per heavy atom. The predicted octanol–water partition coefficient (Wildman–Crippen LogP) is 4.71. The molecule has 0 aliphatic rings. The Morgan fingerprint density at radius 1 is 0.700 bits per heavy atom. The summed E-state index contributed by atoms with van der Waals surface area (Å²) < 4.78 is 0. The Kier molecular flexibility index (Phi) is 3.88. The van der Waals surface area contributed by atoms with Crippen LogP contribution in [0.25, 0.3) is 22.5 Å². The van der Waals surface area contributed by atoms with Crippen molar-refractivity contribution in [3.8, 4) is 22.5 Å². The molecule has 0 atom stereocenters. The molecule has 0 radical (unpaired) electrons. The zero-order chi connectivity index (χ0) is 13.8. The summed E-state index contributed by atoms with van der Waals surface area (Å²) in [6.07, 6.45) is 3.77. The number of rotatable bonds is 3. The first-order chi connectivity index (χ1) is 9.86. The number of nitrogens with zero attached hydrogens (tertiary/aromatic N) is 2. The van der Waals surface area contributed by atoms with E-state index in [1.807, 2.05) is 42.7 Å². The number of aromatic nitrogens is 2. The van der Waals surface area contributed by atoms with Gasteiger partial charge in [-0.1, -0.05) is 58.4 Å². The van der Waals surface area contributed by atoms with Crippen LogP contribution >= 0.6 is 15.9 Å². The molecule has 0 saturated heterocycles. The van der Waals surface area contributed by atoms with E-state index in [2.05, 4.69) is 50.2 Å². The fourth-order valence-corrected chi connectivity index (χ4v) is 2.33. The topological polar surface area (TPSA) is 25.8 Å². The summed E-state index contributed by atoms with van der Waals surface area (Å²) in [5.41, 5.74) is 5.25. The number of hydrogen-bond donors (Lipinski definition) is 0. The Bertz CT molecular complexity index is 676. The van der Waals surface area contributed by atoms with E-state index in [0.717, 1.165) is 27.8 Å². The maximum Gasteiger partial charge on any atom is 0.0886 e. The lowest BCUT2D eigenvalue weighted by atomic mass is 10.1. The number of alkyl halides is 1. The molecule has 0 spiro atoms. The van der Waals surface area contributed by atoms with Crippen LogP contribution in [0, 0.1) is 0 Å². The minimum absolute atomic E-state index is 0.820. The molecule has 20 heavy (non-hydrogen) atoms. The maximum atomic E-state index is 4.51. The van der Waals surface area contributed by atoms with Crippen LogP contribution in [0.1, 0.15) is 5.56 Å². The molecular formula is C17H13BrN2. The van der Waals surface area contributed by atoms with Gasteiger partial charge in [-0.25, -0.2) is 0 Å². The molecule has 0 unspecified atom stereocenters. The Labute approximate surface area is 126 Å². The first kappa shape index (κ1) is 13.0. The number of halogens is 1. The molecule has 1 aromatic carbocycles. The van der Waals surface area contributed by atoms with E-state index in [1.54, 1.807) is 0 Å². The second-order valence-electron chi connectivity index (χ2n) is 4.48. The van der Waals surface area contributed by atoms with Crippen molar-refractivity contribution in [2.75, 3.05) is 0 Å². The Hall–Kier alpha value is -2.00. The van der Waals surface area contributed by atoms with Crippen molar-refractivity contribution in [3.63, 3.8) is 0 Å². The van der Waals surface area contributed by atoms with Gasteiger partial charge in [0.1, 0.15) is 0 Å². The largest absolute Gasteiger partial charge is 0.254 e. The molecule has 3 aromatic rings. The molecule has 2 nitrogen and oxygen atoms in total. The van der Waals surface area contributed by atoms with E-state index in [-0.39, 0.29) is 0 Å². The lowest BCUT2D eigenvalue weighted by Crippen LogP contribution is -1.89. The molecule has 2 aromatic heterocycles. The highest BCUT2D eigenvalue weighted by Crippen LogP contribution is 2.21. The Balaban J connectivity index is 1.89. The quantitative estimate of drug-likeness (QED) is 0.652. The van der Waals surface area contributed by atoms with Crippen molar-refractivity contribution in [2.24, 2.45) is 0 Å². The van der Waals surface area contributed by atoms with Crippen LogP contribution < -0.4 is 0 Å². The number of pyridine rings is 2. The van der Waals surface area contributed by atoms with Crippen LogP contribution in [0.3, 0.4) is 0 Å². The van der Waals surface area contributed by atoms with Crippen LogP contribution in [0.2, 0.25) is 0 Å². The molecule has 0 amide bonds. The van der Waals surface area contributed by atoms with Gasteiger partial charge in [0.05, 0.1) is 11.4 Å². The van der Waals surface area contributed by atoms with E-state index in [0.29, 0.717) is 0 Å². The minimum Gasteiger partial charge on any atom is -0.254 e. The van der Waals surface area contributed by atoms with Gasteiger partial charge < -0.3 is 0 Å². The first-order valence-electron chi connectivity index (χ1n) is 6.39. The van der Waals surface area contributed by atoms with Gasteiger partial charge in [-0.15, -0.1) is 0 Å². The van der Waals surface area contributed by atoms with Gasteiger partial charge in [0.15, 0.2) is 0 Å². The van der Waals surface area contributed by atoms with Crippen molar-refractivity contribution < 1.29 is 0 Å². The fraction of sp³-hybridized carbons (Fsp3) is 0.0588. The molecular weight excluding hydrogens is 312 g/mol. The summed E-state index contributed by atoms with van der Waals surface area (Å²) in [5.74, 6) is 0. The SMILES string of the molecule is BrCc1ccc(-c2ccc(-c3ccccc3)cn2)nc1. The second-order valence-corrected chi connectivity index (χ2v) is 5.04. The van der Waals surface area contributed by atoms with E-state index in [9.17, 15) is 0 Å². The lowest BCUT2D eigenvalue weighted by molar-refractivity contribution is 1.22. The molecule has 3 rings (SSSR count). The minimum atomic E-state index is 0.820. The van der Waals surface area contributed by atoms with Crippen molar-refractivity contribution in [2.45, 2.75) is 5.33 Å². The van der Waals surface area contributed by atoms with Crippen LogP contribution in [-0.4, -0.2) is 9.97 Å². The summed E-state index contributed by atoms with van der Waals surface area (Å²) in [6.45, 7) is 0. The van der Waals surface area contributed by atoms with E-state index < -0.39 is 0 Å². The van der Waals surface area contributed by atoms with Gasteiger partial charge in [-0.2, -0.15) is 0 Å². The lowest BCUT2D eigenvalue weighted by Gasteiger charge is -2.04.